The summed E-state index contributed by atoms with van der Waals surface area (Å²) < 4.78 is 12.4. The fourth-order valence-corrected chi connectivity index (χ4v) is 0.650. The summed E-state index contributed by atoms with van der Waals surface area (Å²) in [6.45, 7) is 0. The summed E-state index contributed by atoms with van der Waals surface area (Å²) in [5.74, 6) is -1.46. The average molecular weight is 165 g/mol. The van der Waals surface area contributed by atoms with Gasteiger partial charge < -0.3 is 0 Å². The van der Waals surface area contributed by atoms with Crippen LogP contribution in [-0.2, 0) is 0 Å². The molecule has 4 nitrogen and oxygen atoms in total. The SMILES string of the molecule is N#CNC(=O)c1cccc(F)n1. The molecule has 0 fully saturated rings. The summed E-state index contributed by atoms with van der Waals surface area (Å²) in [7, 11) is 0. The lowest BCUT2D eigenvalue weighted by atomic mass is 10.3. The highest BCUT2D eigenvalue weighted by Crippen LogP contribution is 1.96. The van der Waals surface area contributed by atoms with Gasteiger partial charge in [-0.05, 0) is 12.1 Å². The lowest BCUT2D eigenvalue weighted by molar-refractivity contribution is 0.0967. The Morgan fingerprint density at radius 3 is 3.00 bits per heavy atom. The molecule has 1 heterocycles. The quantitative estimate of drug-likeness (QED) is 0.373. The Kier molecular flexibility index (Phi) is 2.33. The van der Waals surface area contributed by atoms with E-state index in [0.29, 0.717) is 0 Å². The first-order valence-corrected chi connectivity index (χ1v) is 3.06. The van der Waals surface area contributed by atoms with E-state index >= 15 is 0 Å². The van der Waals surface area contributed by atoms with Crippen LogP contribution in [0.1, 0.15) is 10.5 Å². The van der Waals surface area contributed by atoms with Crippen LogP contribution in [0.5, 0.6) is 0 Å². The van der Waals surface area contributed by atoms with Crippen molar-refractivity contribution in [2.75, 3.05) is 0 Å². The Bertz CT molecular complexity index is 345. The second-order valence-corrected chi connectivity index (χ2v) is 1.91. The Labute approximate surface area is 67.7 Å². The number of hydrogen-bond donors (Lipinski definition) is 1. The molecule has 0 aliphatic carbocycles. The van der Waals surface area contributed by atoms with Gasteiger partial charge in [-0.1, -0.05) is 6.07 Å². The van der Waals surface area contributed by atoms with Crippen LogP contribution in [0.25, 0.3) is 0 Å². The van der Waals surface area contributed by atoms with Crippen molar-refractivity contribution in [2.45, 2.75) is 0 Å². The van der Waals surface area contributed by atoms with Gasteiger partial charge >= 0.3 is 0 Å². The third-order valence-corrected chi connectivity index (χ3v) is 1.12. The highest BCUT2D eigenvalue weighted by atomic mass is 19.1. The van der Waals surface area contributed by atoms with Crippen LogP contribution in [0.3, 0.4) is 0 Å². The van der Waals surface area contributed by atoms with Crippen LogP contribution >= 0.6 is 0 Å². The summed E-state index contributed by atoms with van der Waals surface area (Å²) in [6, 6.07) is 3.77. The van der Waals surface area contributed by atoms with Crippen LogP contribution in [0.4, 0.5) is 4.39 Å². The number of hydrogen-bond acceptors (Lipinski definition) is 3. The highest BCUT2D eigenvalue weighted by Gasteiger charge is 2.05. The summed E-state index contributed by atoms with van der Waals surface area (Å²) in [5, 5.41) is 9.89. The van der Waals surface area contributed by atoms with Crippen LogP contribution in [0.15, 0.2) is 18.2 Å². The zero-order valence-corrected chi connectivity index (χ0v) is 5.91. The molecule has 1 amide bonds. The molecule has 1 aromatic heterocycles. The molecule has 0 spiro atoms. The Morgan fingerprint density at radius 2 is 2.42 bits per heavy atom. The molecule has 12 heavy (non-hydrogen) atoms. The van der Waals surface area contributed by atoms with Crippen molar-refractivity contribution in [3.8, 4) is 6.19 Å². The highest BCUT2D eigenvalue weighted by molar-refractivity contribution is 5.93. The van der Waals surface area contributed by atoms with Gasteiger partial charge in [0, 0.05) is 0 Å². The maximum Gasteiger partial charge on any atom is 0.282 e. The van der Waals surface area contributed by atoms with Crippen molar-refractivity contribution in [2.24, 2.45) is 0 Å². The van der Waals surface area contributed by atoms with Crippen molar-refractivity contribution in [3.05, 3.63) is 29.8 Å². The van der Waals surface area contributed by atoms with Gasteiger partial charge in [-0.25, -0.2) is 4.98 Å². The minimum atomic E-state index is -0.749. The summed E-state index contributed by atoms with van der Waals surface area (Å²) in [6.07, 6.45) is 1.42. The zero-order chi connectivity index (χ0) is 8.97. The molecule has 5 heteroatoms. The van der Waals surface area contributed by atoms with E-state index in [1.165, 1.54) is 18.3 Å². The molecule has 0 atom stereocenters. The van der Waals surface area contributed by atoms with Gasteiger partial charge in [0.25, 0.3) is 5.91 Å². The minimum Gasteiger partial charge on any atom is -0.266 e. The molecule has 0 saturated heterocycles. The lowest BCUT2D eigenvalue weighted by Gasteiger charge is -1.94. The molecule has 1 aromatic rings. The number of halogens is 1. The van der Waals surface area contributed by atoms with Gasteiger partial charge in [0.1, 0.15) is 5.69 Å². The fourth-order valence-electron chi connectivity index (χ4n) is 0.650. The maximum absolute atomic E-state index is 12.4. The van der Waals surface area contributed by atoms with E-state index in [9.17, 15) is 9.18 Å². The molecular weight excluding hydrogens is 161 g/mol. The molecule has 0 aromatic carbocycles. The number of nitrogens with one attached hydrogen (secondary N) is 1. The van der Waals surface area contributed by atoms with E-state index in [4.69, 9.17) is 5.26 Å². The van der Waals surface area contributed by atoms with E-state index in [0.717, 1.165) is 6.07 Å². The second-order valence-electron chi connectivity index (χ2n) is 1.91. The van der Waals surface area contributed by atoms with E-state index in [1.807, 2.05) is 5.32 Å². The van der Waals surface area contributed by atoms with Crippen molar-refractivity contribution >= 4 is 5.91 Å². The molecule has 60 valence electrons. The van der Waals surface area contributed by atoms with E-state index in [1.54, 1.807) is 0 Å². The molecule has 0 aliphatic heterocycles. The average Bonchev–Trinajstić information content (AvgIpc) is 2.05. The fraction of sp³-hybridized carbons (Fsp3) is 0. The molecule has 0 unspecified atom stereocenters. The topological polar surface area (TPSA) is 65.8 Å². The van der Waals surface area contributed by atoms with Gasteiger partial charge in [-0.3, -0.25) is 10.1 Å². The third kappa shape index (κ3) is 1.76. The third-order valence-electron chi connectivity index (χ3n) is 1.12. The number of nitrogens with zero attached hydrogens (tertiary/aromatic N) is 2. The van der Waals surface area contributed by atoms with Crippen molar-refractivity contribution < 1.29 is 9.18 Å². The molecule has 0 radical (unpaired) electrons. The molecule has 1 rings (SSSR count). The van der Waals surface area contributed by atoms with Crippen LogP contribution in [0, 0.1) is 17.4 Å². The molecular formula is C7H4FN3O. The largest absolute Gasteiger partial charge is 0.282 e. The zero-order valence-electron chi connectivity index (χ0n) is 5.91. The maximum atomic E-state index is 12.4. The molecule has 1 N–H and O–H groups in total. The standard InChI is InChI=1S/C7H4FN3O/c8-6-3-1-2-5(11-6)7(12)10-4-9/h1-3H,(H,10,12). The van der Waals surface area contributed by atoms with Gasteiger partial charge in [0.05, 0.1) is 0 Å². The van der Waals surface area contributed by atoms with Crippen molar-refractivity contribution in [1.82, 2.24) is 10.3 Å². The number of carbonyl (C=O) groups is 1. The predicted molar refractivity (Wildman–Crippen MR) is 37.3 cm³/mol. The molecule has 0 aliphatic rings. The first kappa shape index (κ1) is 8.14. The Morgan fingerprint density at radius 1 is 1.67 bits per heavy atom. The molecule has 0 saturated carbocycles. The lowest BCUT2D eigenvalue weighted by Crippen LogP contribution is -2.18. The van der Waals surface area contributed by atoms with Gasteiger partial charge in [-0.15, -0.1) is 0 Å². The predicted octanol–water partition coefficient (Wildman–Crippen LogP) is 0.432. The van der Waals surface area contributed by atoms with Gasteiger partial charge in [0.2, 0.25) is 5.95 Å². The number of pyridine rings is 1. The van der Waals surface area contributed by atoms with Crippen LogP contribution < -0.4 is 5.32 Å². The van der Waals surface area contributed by atoms with Gasteiger partial charge in [0.15, 0.2) is 6.19 Å². The summed E-state index contributed by atoms with van der Waals surface area (Å²) in [4.78, 5) is 14.1. The molecule has 0 bridgehead atoms. The first-order valence-electron chi connectivity index (χ1n) is 3.06. The smallest absolute Gasteiger partial charge is 0.266 e. The summed E-state index contributed by atoms with van der Waals surface area (Å²) >= 11 is 0. The second kappa shape index (κ2) is 3.44. The number of carbonyl (C=O) groups excluding carboxylic acids is 1. The van der Waals surface area contributed by atoms with E-state index in [2.05, 4.69) is 4.98 Å². The monoisotopic (exact) mass is 165 g/mol. The Balaban J connectivity index is 2.90. The van der Waals surface area contributed by atoms with Crippen molar-refractivity contribution in [3.63, 3.8) is 0 Å². The first-order chi connectivity index (χ1) is 5.74. The van der Waals surface area contributed by atoms with Crippen LogP contribution in [-0.4, -0.2) is 10.9 Å². The van der Waals surface area contributed by atoms with Crippen LogP contribution in [0.2, 0.25) is 0 Å². The minimum absolute atomic E-state index is 0.114. The number of aromatic nitrogens is 1. The Hall–Kier alpha value is -1.96. The number of amides is 1. The van der Waals surface area contributed by atoms with Gasteiger partial charge in [-0.2, -0.15) is 9.65 Å². The van der Waals surface area contributed by atoms with E-state index < -0.39 is 11.9 Å². The van der Waals surface area contributed by atoms with Crippen molar-refractivity contribution in [1.29, 1.82) is 5.26 Å². The normalized spacial score (nSPS) is 8.67. The number of rotatable bonds is 1. The number of nitriles is 1. The van der Waals surface area contributed by atoms with E-state index in [-0.39, 0.29) is 5.69 Å². The summed E-state index contributed by atoms with van der Waals surface area (Å²) in [5.41, 5.74) is -0.114.